The maximum absolute atomic E-state index is 14.0. The maximum Gasteiger partial charge on any atom is 0.416 e. The highest BCUT2D eigenvalue weighted by molar-refractivity contribution is 7.91. The summed E-state index contributed by atoms with van der Waals surface area (Å²) in [6.45, 7) is 4.31. The lowest BCUT2D eigenvalue weighted by atomic mass is 9.78. The topological polar surface area (TPSA) is 60.9 Å². The second-order valence-electron chi connectivity index (χ2n) is 11.0. The zero-order valence-electron chi connectivity index (χ0n) is 23.3. The summed E-state index contributed by atoms with van der Waals surface area (Å²) in [7, 11) is -1.80. The molecule has 0 spiro atoms. The molecule has 0 bridgehead atoms. The summed E-state index contributed by atoms with van der Waals surface area (Å²) in [4.78, 5) is 15.1. The number of carbonyl (C=O) groups excluding carboxylic acids is 1. The fraction of sp³-hybridized carbons (Fsp3) is 0.536. The van der Waals surface area contributed by atoms with Crippen molar-refractivity contribution < 1.29 is 43.9 Å². The van der Waals surface area contributed by atoms with Gasteiger partial charge in [-0.3, -0.25) is 4.79 Å². The van der Waals surface area contributed by atoms with Crippen LogP contribution in [0, 0.1) is 18.7 Å². The third-order valence-electron chi connectivity index (χ3n) is 8.28. The molecule has 2 aliphatic rings. The minimum atomic E-state index is -5.02. The molecule has 0 saturated carbocycles. The number of sulfone groups is 1. The Bertz CT molecular complexity index is 1380. The molecular weight excluding hydrogens is 591 g/mol. The van der Waals surface area contributed by atoms with E-state index in [-0.39, 0.29) is 42.6 Å². The highest BCUT2D eigenvalue weighted by Gasteiger charge is 2.42. The Hall–Kier alpha value is -2.71. The van der Waals surface area contributed by atoms with E-state index in [1.807, 2.05) is 10.0 Å². The van der Waals surface area contributed by atoms with Gasteiger partial charge in [0.2, 0.25) is 5.91 Å². The number of halogens is 7. The third-order valence-corrected chi connectivity index (χ3v) is 9.89. The predicted octanol–water partition coefficient (Wildman–Crippen LogP) is 5.44. The zero-order chi connectivity index (χ0) is 31.2. The minimum absolute atomic E-state index is 0.0107. The molecule has 2 saturated heterocycles. The van der Waals surface area contributed by atoms with Crippen LogP contribution in [0.4, 0.5) is 30.7 Å². The lowest BCUT2D eigenvalue weighted by Crippen LogP contribution is -2.56. The quantitative estimate of drug-likeness (QED) is 0.416. The van der Waals surface area contributed by atoms with Crippen LogP contribution in [0.2, 0.25) is 0 Å². The van der Waals surface area contributed by atoms with Gasteiger partial charge in [-0.15, -0.1) is 0 Å². The van der Waals surface area contributed by atoms with E-state index in [4.69, 9.17) is 0 Å². The second-order valence-corrected chi connectivity index (χ2v) is 13.3. The number of amides is 1. The van der Waals surface area contributed by atoms with Gasteiger partial charge in [0, 0.05) is 45.1 Å². The number of hydrazine groups is 1. The van der Waals surface area contributed by atoms with Crippen molar-refractivity contribution in [2.45, 2.75) is 44.6 Å². The van der Waals surface area contributed by atoms with Crippen LogP contribution in [0.15, 0.2) is 36.4 Å². The Labute approximate surface area is 240 Å². The summed E-state index contributed by atoms with van der Waals surface area (Å²) in [5.74, 6) is -2.16. The van der Waals surface area contributed by atoms with Gasteiger partial charge < -0.3 is 4.90 Å². The maximum atomic E-state index is 14.0. The molecule has 4 rings (SSSR count). The van der Waals surface area contributed by atoms with Crippen LogP contribution in [0.3, 0.4) is 0 Å². The molecule has 0 unspecified atom stereocenters. The number of hydrogen-bond donors (Lipinski definition) is 0. The fourth-order valence-corrected chi connectivity index (χ4v) is 6.92. The predicted molar refractivity (Wildman–Crippen MR) is 141 cm³/mol. The highest BCUT2D eigenvalue weighted by atomic mass is 32.2. The van der Waals surface area contributed by atoms with Crippen LogP contribution in [-0.4, -0.2) is 74.0 Å². The van der Waals surface area contributed by atoms with Gasteiger partial charge in [-0.05, 0) is 67.3 Å². The normalized spacial score (nSPS) is 23.0. The standard InChI is InChI=1S/C28H32F7N3O3S/c1-17-12-22(29)4-5-23(17)25-16-38(37-8-10-42(40,41)11-9-37)7-6-24(25)26(39)36(3)18(2)19-13-20(27(30,31)32)15-21(14-19)28(33,34)35/h4-5,12-15,18,24-25H,6-11,16H2,1-3H3/t18-,24+,25-/m1/s1. The average molecular weight is 624 g/mol. The van der Waals surface area contributed by atoms with Crippen LogP contribution >= 0.6 is 0 Å². The molecule has 2 heterocycles. The van der Waals surface area contributed by atoms with Crippen molar-refractivity contribution in [1.29, 1.82) is 0 Å². The van der Waals surface area contributed by atoms with Gasteiger partial charge in [0.1, 0.15) is 5.82 Å². The average Bonchev–Trinajstić information content (AvgIpc) is 2.90. The van der Waals surface area contributed by atoms with E-state index in [0.29, 0.717) is 36.3 Å². The SMILES string of the molecule is Cc1cc(F)ccc1[C@H]1CN(N2CCS(=O)(=O)CC2)CC[C@@H]1C(=O)N(C)[C@H](C)c1cc(C(F)(F)F)cc(C(F)(F)F)c1. The van der Waals surface area contributed by atoms with Gasteiger partial charge in [0.25, 0.3) is 0 Å². The second kappa shape index (κ2) is 11.8. The molecule has 2 aliphatic heterocycles. The van der Waals surface area contributed by atoms with Gasteiger partial charge in [-0.25, -0.2) is 22.8 Å². The molecule has 0 radical (unpaired) electrons. The number of aryl methyl sites for hydroxylation is 1. The number of alkyl halides is 6. The Morgan fingerprint density at radius 1 is 0.929 bits per heavy atom. The van der Waals surface area contributed by atoms with Crippen molar-refractivity contribution in [3.8, 4) is 0 Å². The highest BCUT2D eigenvalue weighted by Crippen LogP contribution is 2.40. The van der Waals surface area contributed by atoms with E-state index in [2.05, 4.69) is 0 Å². The van der Waals surface area contributed by atoms with E-state index in [1.165, 1.54) is 26.1 Å². The van der Waals surface area contributed by atoms with Crippen LogP contribution in [0.5, 0.6) is 0 Å². The molecule has 232 valence electrons. The van der Waals surface area contributed by atoms with E-state index in [1.54, 1.807) is 13.0 Å². The number of rotatable bonds is 5. The number of carbonyl (C=O) groups is 1. The molecule has 0 N–H and O–H groups in total. The van der Waals surface area contributed by atoms with Crippen LogP contribution < -0.4 is 0 Å². The number of hydrogen-bond acceptors (Lipinski definition) is 5. The molecule has 0 aliphatic carbocycles. The Balaban J connectivity index is 1.64. The molecular formula is C28H32F7N3O3S. The summed E-state index contributed by atoms with van der Waals surface area (Å²) in [6.07, 6.45) is -9.76. The van der Waals surface area contributed by atoms with Crippen LogP contribution in [0.25, 0.3) is 0 Å². The summed E-state index contributed by atoms with van der Waals surface area (Å²) >= 11 is 0. The van der Waals surface area contributed by atoms with E-state index in [9.17, 15) is 43.9 Å². The number of nitrogens with zero attached hydrogens (tertiary/aromatic N) is 3. The smallest absolute Gasteiger partial charge is 0.339 e. The first-order chi connectivity index (χ1) is 19.4. The van der Waals surface area contributed by atoms with Crippen molar-refractivity contribution in [1.82, 2.24) is 14.9 Å². The Kier molecular flexibility index (Phi) is 9.02. The van der Waals surface area contributed by atoms with Crippen molar-refractivity contribution in [3.05, 3.63) is 70.0 Å². The van der Waals surface area contributed by atoms with Gasteiger partial charge in [0.15, 0.2) is 9.84 Å². The summed E-state index contributed by atoms with van der Waals surface area (Å²) in [5, 5.41) is 3.89. The largest absolute Gasteiger partial charge is 0.416 e. The molecule has 2 aromatic carbocycles. The number of piperidine rings is 1. The van der Waals surface area contributed by atoms with Gasteiger partial charge >= 0.3 is 12.4 Å². The van der Waals surface area contributed by atoms with Gasteiger partial charge in [0.05, 0.1) is 28.7 Å². The number of benzene rings is 2. The molecule has 14 heteroatoms. The Morgan fingerprint density at radius 2 is 1.50 bits per heavy atom. The molecule has 1 amide bonds. The van der Waals surface area contributed by atoms with E-state index in [0.717, 1.165) is 4.90 Å². The van der Waals surface area contributed by atoms with Gasteiger partial charge in [-0.2, -0.15) is 26.3 Å². The minimum Gasteiger partial charge on any atom is -0.339 e. The first-order valence-corrected chi connectivity index (χ1v) is 15.2. The summed E-state index contributed by atoms with van der Waals surface area (Å²) in [6, 6.07) is 4.34. The van der Waals surface area contributed by atoms with Crippen molar-refractivity contribution >= 4 is 15.7 Å². The van der Waals surface area contributed by atoms with E-state index < -0.39 is 62.9 Å². The fourth-order valence-electron chi connectivity index (χ4n) is 5.74. The monoisotopic (exact) mass is 623 g/mol. The molecule has 6 nitrogen and oxygen atoms in total. The molecule has 42 heavy (non-hydrogen) atoms. The lowest BCUT2D eigenvalue weighted by molar-refractivity contribution is -0.143. The summed E-state index contributed by atoms with van der Waals surface area (Å²) in [5.41, 5.74) is -1.96. The van der Waals surface area contributed by atoms with Crippen molar-refractivity contribution in [2.75, 3.05) is 44.7 Å². The van der Waals surface area contributed by atoms with Crippen molar-refractivity contribution in [3.63, 3.8) is 0 Å². The first-order valence-electron chi connectivity index (χ1n) is 13.4. The zero-order valence-corrected chi connectivity index (χ0v) is 24.1. The molecule has 2 aromatic rings. The molecule has 2 fully saturated rings. The summed E-state index contributed by atoms with van der Waals surface area (Å²) < 4.78 is 119. The van der Waals surface area contributed by atoms with Crippen molar-refractivity contribution in [2.24, 2.45) is 5.92 Å². The van der Waals surface area contributed by atoms with Gasteiger partial charge in [-0.1, -0.05) is 6.07 Å². The van der Waals surface area contributed by atoms with Crippen LogP contribution in [-0.2, 0) is 27.0 Å². The van der Waals surface area contributed by atoms with Crippen LogP contribution in [0.1, 0.15) is 53.1 Å². The third kappa shape index (κ3) is 7.08. The molecule has 0 aromatic heterocycles. The van der Waals surface area contributed by atoms with E-state index >= 15 is 0 Å². The molecule has 3 atom stereocenters. The Morgan fingerprint density at radius 3 is 2.02 bits per heavy atom. The first kappa shape index (κ1) is 32.2. The lowest BCUT2D eigenvalue weighted by Gasteiger charge is -2.46.